The van der Waals surface area contributed by atoms with E-state index in [-0.39, 0.29) is 23.8 Å². The van der Waals surface area contributed by atoms with E-state index in [1.165, 1.54) is 20.8 Å². The third-order valence-electron chi connectivity index (χ3n) is 2.29. The number of Topliss-reactive ketones (excluding diaryl/α,β-unsaturated/α-hetero) is 3. The van der Waals surface area contributed by atoms with Gasteiger partial charge >= 0.3 is 0 Å². The van der Waals surface area contributed by atoms with Crippen molar-refractivity contribution in [2.45, 2.75) is 34.1 Å². The summed E-state index contributed by atoms with van der Waals surface area (Å²) in [6, 6.07) is 0. The smallest absolute Gasteiger partial charge is 0.153 e. The van der Waals surface area contributed by atoms with Crippen molar-refractivity contribution < 1.29 is 14.4 Å². The van der Waals surface area contributed by atoms with Gasteiger partial charge in [0.2, 0.25) is 0 Å². The molecule has 12 heavy (non-hydrogen) atoms. The first kappa shape index (κ1) is 11.0. The standard InChI is InChI=1S/C9H14O3/c1-5-8(12)9(4,6(2)10)7(3)11/h5H2,1-4H3. The summed E-state index contributed by atoms with van der Waals surface area (Å²) in [7, 11) is 0. The molecule has 0 aliphatic rings. The molecule has 68 valence electrons. The van der Waals surface area contributed by atoms with Gasteiger partial charge in [-0.25, -0.2) is 0 Å². The van der Waals surface area contributed by atoms with E-state index in [1.807, 2.05) is 0 Å². The van der Waals surface area contributed by atoms with Crippen molar-refractivity contribution in [1.82, 2.24) is 0 Å². The van der Waals surface area contributed by atoms with Crippen molar-refractivity contribution in [3.63, 3.8) is 0 Å². The van der Waals surface area contributed by atoms with Gasteiger partial charge in [0.25, 0.3) is 0 Å². The van der Waals surface area contributed by atoms with Crippen molar-refractivity contribution in [3.8, 4) is 0 Å². The van der Waals surface area contributed by atoms with E-state index in [2.05, 4.69) is 0 Å². The van der Waals surface area contributed by atoms with Crippen LogP contribution in [0.25, 0.3) is 0 Å². The fraction of sp³-hybridized carbons (Fsp3) is 0.667. The maximum absolute atomic E-state index is 11.3. The molecule has 0 aromatic heterocycles. The zero-order valence-electron chi connectivity index (χ0n) is 7.93. The molecular weight excluding hydrogens is 156 g/mol. The van der Waals surface area contributed by atoms with E-state index < -0.39 is 5.41 Å². The van der Waals surface area contributed by atoms with Crippen LogP contribution in [0.15, 0.2) is 0 Å². The molecule has 0 radical (unpaired) electrons. The highest BCUT2D eigenvalue weighted by Crippen LogP contribution is 2.21. The SMILES string of the molecule is CCC(=O)C(C)(C(C)=O)C(C)=O. The first-order chi connectivity index (χ1) is 5.37. The zero-order valence-corrected chi connectivity index (χ0v) is 7.93. The van der Waals surface area contributed by atoms with Gasteiger partial charge in [0.1, 0.15) is 5.41 Å². The average molecular weight is 170 g/mol. The summed E-state index contributed by atoms with van der Waals surface area (Å²) >= 11 is 0. The molecule has 0 fully saturated rings. The summed E-state index contributed by atoms with van der Waals surface area (Å²) in [6.45, 7) is 5.58. The number of carbonyl (C=O) groups is 3. The molecule has 0 amide bonds. The molecule has 0 rings (SSSR count). The Morgan fingerprint density at radius 3 is 1.50 bits per heavy atom. The van der Waals surface area contributed by atoms with Crippen LogP contribution in [0.2, 0.25) is 0 Å². The van der Waals surface area contributed by atoms with Crippen LogP contribution in [0.1, 0.15) is 34.1 Å². The van der Waals surface area contributed by atoms with Gasteiger partial charge in [-0.2, -0.15) is 0 Å². The van der Waals surface area contributed by atoms with Crippen LogP contribution in [-0.2, 0) is 14.4 Å². The van der Waals surface area contributed by atoms with E-state index >= 15 is 0 Å². The van der Waals surface area contributed by atoms with E-state index in [0.29, 0.717) is 0 Å². The average Bonchev–Trinajstić information content (AvgIpc) is 2.00. The fourth-order valence-corrected chi connectivity index (χ4v) is 0.994. The van der Waals surface area contributed by atoms with Gasteiger partial charge < -0.3 is 0 Å². The van der Waals surface area contributed by atoms with Crippen molar-refractivity contribution in [2.75, 3.05) is 0 Å². The van der Waals surface area contributed by atoms with Crippen LogP contribution in [-0.4, -0.2) is 17.3 Å². The zero-order chi connectivity index (χ0) is 9.94. The highest BCUT2D eigenvalue weighted by atomic mass is 16.2. The Morgan fingerprint density at radius 2 is 1.42 bits per heavy atom. The highest BCUT2D eigenvalue weighted by molar-refractivity contribution is 6.22. The third kappa shape index (κ3) is 1.60. The quantitative estimate of drug-likeness (QED) is 0.595. The van der Waals surface area contributed by atoms with Gasteiger partial charge in [0, 0.05) is 6.42 Å². The monoisotopic (exact) mass is 170 g/mol. The minimum atomic E-state index is -1.41. The first-order valence-corrected chi connectivity index (χ1v) is 3.92. The lowest BCUT2D eigenvalue weighted by molar-refractivity contribution is -0.145. The predicted molar refractivity (Wildman–Crippen MR) is 44.8 cm³/mol. The molecular formula is C9H14O3. The number of hydrogen-bond acceptors (Lipinski definition) is 3. The molecule has 0 saturated heterocycles. The second kappa shape index (κ2) is 3.61. The fourth-order valence-electron chi connectivity index (χ4n) is 0.994. The summed E-state index contributed by atoms with van der Waals surface area (Å²) in [6.07, 6.45) is 0.218. The molecule has 0 bridgehead atoms. The van der Waals surface area contributed by atoms with Gasteiger partial charge in [-0.1, -0.05) is 6.92 Å². The molecule has 3 nitrogen and oxygen atoms in total. The Kier molecular flexibility index (Phi) is 3.31. The van der Waals surface area contributed by atoms with Gasteiger partial charge in [-0.15, -0.1) is 0 Å². The van der Waals surface area contributed by atoms with Crippen molar-refractivity contribution in [3.05, 3.63) is 0 Å². The van der Waals surface area contributed by atoms with Crippen molar-refractivity contribution in [2.24, 2.45) is 5.41 Å². The second-order valence-corrected chi connectivity index (χ2v) is 3.01. The van der Waals surface area contributed by atoms with Crippen LogP contribution in [0, 0.1) is 5.41 Å². The molecule has 0 atom stereocenters. The predicted octanol–water partition coefficient (Wildman–Crippen LogP) is 1.15. The normalized spacial score (nSPS) is 11.0. The summed E-state index contributed by atoms with van der Waals surface area (Å²) in [5.74, 6) is -1.05. The van der Waals surface area contributed by atoms with Crippen molar-refractivity contribution in [1.29, 1.82) is 0 Å². The third-order valence-corrected chi connectivity index (χ3v) is 2.29. The molecule has 0 aliphatic carbocycles. The lowest BCUT2D eigenvalue weighted by Crippen LogP contribution is -2.40. The molecule has 0 spiro atoms. The number of hydrogen-bond donors (Lipinski definition) is 0. The maximum Gasteiger partial charge on any atom is 0.153 e. The molecule has 3 heteroatoms. The molecule has 0 aromatic carbocycles. The van der Waals surface area contributed by atoms with Crippen LogP contribution in [0.4, 0.5) is 0 Å². The summed E-state index contributed by atoms with van der Waals surface area (Å²) in [5, 5.41) is 0. The minimum Gasteiger partial charge on any atom is -0.298 e. The second-order valence-electron chi connectivity index (χ2n) is 3.01. The van der Waals surface area contributed by atoms with Gasteiger partial charge in [0.15, 0.2) is 17.3 Å². The molecule has 0 aromatic rings. The molecule has 0 aliphatic heterocycles. The number of ketones is 3. The summed E-state index contributed by atoms with van der Waals surface area (Å²) < 4.78 is 0. The van der Waals surface area contributed by atoms with Gasteiger partial charge in [-0.05, 0) is 20.8 Å². The maximum atomic E-state index is 11.3. The molecule has 0 saturated carbocycles. The number of rotatable bonds is 4. The minimum absolute atomic E-state index is 0.218. The number of carbonyl (C=O) groups excluding carboxylic acids is 3. The molecule has 0 unspecified atom stereocenters. The Hall–Kier alpha value is -0.990. The van der Waals surface area contributed by atoms with E-state index in [4.69, 9.17) is 0 Å². The summed E-state index contributed by atoms with van der Waals surface area (Å²) in [5.41, 5.74) is -1.41. The first-order valence-electron chi connectivity index (χ1n) is 3.92. The molecule has 0 N–H and O–H groups in total. The van der Waals surface area contributed by atoms with E-state index in [9.17, 15) is 14.4 Å². The van der Waals surface area contributed by atoms with Crippen LogP contribution in [0.3, 0.4) is 0 Å². The van der Waals surface area contributed by atoms with E-state index in [1.54, 1.807) is 6.92 Å². The largest absolute Gasteiger partial charge is 0.298 e. The lowest BCUT2D eigenvalue weighted by atomic mass is 9.77. The van der Waals surface area contributed by atoms with E-state index in [0.717, 1.165) is 0 Å². The molecule has 0 heterocycles. The van der Waals surface area contributed by atoms with Crippen LogP contribution < -0.4 is 0 Å². The van der Waals surface area contributed by atoms with Gasteiger partial charge in [0.05, 0.1) is 0 Å². The Labute approximate surface area is 72.1 Å². The van der Waals surface area contributed by atoms with Crippen LogP contribution >= 0.6 is 0 Å². The Morgan fingerprint density at radius 1 is 1.08 bits per heavy atom. The van der Waals surface area contributed by atoms with Crippen molar-refractivity contribution >= 4 is 17.3 Å². The highest BCUT2D eigenvalue weighted by Gasteiger charge is 2.41. The van der Waals surface area contributed by atoms with Crippen LogP contribution in [0.5, 0.6) is 0 Å². The summed E-state index contributed by atoms with van der Waals surface area (Å²) in [4.78, 5) is 33.4. The van der Waals surface area contributed by atoms with Gasteiger partial charge in [-0.3, -0.25) is 14.4 Å². The Balaban J connectivity index is 5.01. The lowest BCUT2D eigenvalue weighted by Gasteiger charge is -2.20. The topological polar surface area (TPSA) is 51.2 Å². The Bertz CT molecular complexity index is 214.